The number of aliphatic hydroxyl groups is 1. The van der Waals surface area contributed by atoms with Crippen molar-refractivity contribution in [3.63, 3.8) is 0 Å². The van der Waals surface area contributed by atoms with E-state index >= 15 is 0 Å². The normalized spacial score (nSPS) is 15.6. The van der Waals surface area contributed by atoms with Crippen molar-refractivity contribution >= 4 is 5.82 Å². The third-order valence-corrected chi connectivity index (χ3v) is 1.98. The third kappa shape index (κ3) is 2.42. The number of hydrogen-bond donors (Lipinski definition) is 1. The van der Waals surface area contributed by atoms with Crippen LogP contribution in [0, 0.1) is 6.92 Å². The maximum absolute atomic E-state index is 9.06. The summed E-state index contributed by atoms with van der Waals surface area (Å²) in [7, 11) is 0. The van der Waals surface area contributed by atoms with Crippen LogP contribution in [0.2, 0.25) is 0 Å². The maximum atomic E-state index is 9.06. The number of rotatable bonds is 1. The Morgan fingerprint density at radius 2 is 2.00 bits per heavy atom. The number of aryl methyl sites for hydroxylation is 1. The van der Waals surface area contributed by atoms with Crippen LogP contribution in [0.4, 0.5) is 5.82 Å². The van der Waals surface area contributed by atoms with Crippen molar-refractivity contribution in [1.29, 1.82) is 0 Å². The fourth-order valence-electron chi connectivity index (χ4n) is 1.26. The minimum atomic E-state index is -0.180. The number of aliphatic hydroxyl groups excluding tert-OH is 1. The number of nitrogens with zero attached hydrogens (tertiary/aromatic N) is 3. The lowest BCUT2D eigenvalue weighted by Gasteiger charge is -2.36. The first-order valence-corrected chi connectivity index (χ1v) is 4.97. The van der Waals surface area contributed by atoms with E-state index in [0.717, 1.165) is 11.5 Å². The van der Waals surface area contributed by atoms with Crippen molar-refractivity contribution in [2.75, 3.05) is 18.0 Å². The van der Waals surface area contributed by atoms with Crippen molar-refractivity contribution in [1.82, 2.24) is 9.97 Å². The fraction of sp³-hybridized carbons (Fsp3) is 0.600. The lowest BCUT2D eigenvalue weighted by Crippen LogP contribution is -2.51. The Morgan fingerprint density at radius 3 is 2.50 bits per heavy atom. The quantitative estimate of drug-likeness (QED) is 0.726. The molecule has 0 aromatic carbocycles. The predicted molar refractivity (Wildman–Crippen MR) is 56.3 cm³/mol. The molecular formula is C10H17N3O. The van der Waals surface area contributed by atoms with E-state index in [2.05, 4.69) is 9.97 Å². The van der Waals surface area contributed by atoms with Gasteiger partial charge in [0.15, 0.2) is 0 Å². The van der Waals surface area contributed by atoms with Crippen LogP contribution in [-0.2, 0) is 0 Å². The number of anilines is 1. The molecule has 0 unspecified atom stereocenters. The molecule has 0 spiro atoms. The molecule has 0 bridgehead atoms. The molecule has 2 heterocycles. The Balaban J connectivity index is 0.000000461. The largest absolute Gasteiger partial charge is 0.389 e. The van der Waals surface area contributed by atoms with Crippen molar-refractivity contribution in [2.45, 2.75) is 26.9 Å². The smallest absolute Gasteiger partial charge is 0.132 e. The van der Waals surface area contributed by atoms with E-state index < -0.39 is 0 Å². The number of hydrogen-bond acceptors (Lipinski definition) is 4. The van der Waals surface area contributed by atoms with Crippen molar-refractivity contribution in [2.24, 2.45) is 0 Å². The van der Waals surface area contributed by atoms with Gasteiger partial charge >= 0.3 is 0 Å². The lowest BCUT2D eigenvalue weighted by molar-refractivity contribution is 0.141. The fourth-order valence-corrected chi connectivity index (χ4v) is 1.26. The zero-order chi connectivity index (χ0) is 10.6. The SMILES string of the molecule is CC.Cc1cc(N2CC(O)C2)ncn1. The van der Waals surface area contributed by atoms with Gasteiger partial charge in [-0.3, -0.25) is 0 Å². The minimum absolute atomic E-state index is 0.180. The summed E-state index contributed by atoms with van der Waals surface area (Å²) < 4.78 is 0. The maximum Gasteiger partial charge on any atom is 0.132 e. The van der Waals surface area contributed by atoms with Gasteiger partial charge in [-0.2, -0.15) is 0 Å². The second kappa shape index (κ2) is 4.91. The molecule has 1 N–H and O–H groups in total. The highest BCUT2D eigenvalue weighted by atomic mass is 16.3. The predicted octanol–water partition coefficient (Wildman–Crippen LogP) is 0.992. The van der Waals surface area contributed by atoms with E-state index in [1.165, 1.54) is 0 Å². The standard InChI is InChI=1S/C8H11N3O.C2H6/c1-6-2-8(10-5-9-6)11-3-7(12)4-11;1-2/h2,5,7,12H,3-4H2,1H3;1-2H3. The number of aromatic nitrogens is 2. The van der Waals surface area contributed by atoms with Crippen LogP contribution in [0.1, 0.15) is 19.5 Å². The van der Waals surface area contributed by atoms with Gasteiger partial charge in [-0.25, -0.2) is 9.97 Å². The van der Waals surface area contributed by atoms with Crippen LogP contribution in [-0.4, -0.2) is 34.3 Å². The molecule has 0 amide bonds. The molecule has 0 radical (unpaired) electrons. The van der Waals surface area contributed by atoms with Gasteiger partial charge in [-0.05, 0) is 6.92 Å². The third-order valence-electron chi connectivity index (χ3n) is 1.98. The molecule has 4 heteroatoms. The Kier molecular flexibility index (Phi) is 3.83. The molecule has 1 fully saturated rings. The van der Waals surface area contributed by atoms with Gasteiger partial charge in [0.1, 0.15) is 12.1 Å². The van der Waals surface area contributed by atoms with Crippen LogP contribution in [0.3, 0.4) is 0 Å². The molecule has 2 rings (SSSR count). The molecule has 1 aliphatic rings. The zero-order valence-corrected chi connectivity index (χ0v) is 8.94. The molecule has 1 aliphatic heterocycles. The minimum Gasteiger partial charge on any atom is -0.389 e. The molecule has 0 aliphatic carbocycles. The van der Waals surface area contributed by atoms with E-state index in [1.807, 2.05) is 31.7 Å². The molecule has 0 atom stereocenters. The molecule has 1 saturated heterocycles. The Bertz CT molecular complexity index is 284. The van der Waals surface area contributed by atoms with E-state index in [0.29, 0.717) is 13.1 Å². The summed E-state index contributed by atoms with van der Waals surface area (Å²) in [6, 6.07) is 1.92. The molecule has 4 nitrogen and oxygen atoms in total. The Morgan fingerprint density at radius 1 is 1.36 bits per heavy atom. The molecule has 1 aromatic heterocycles. The van der Waals surface area contributed by atoms with Crippen molar-refractivity contribution < 1.29 is 5.11 Å². The number of β-amino-alcohol motifs (C(OH)–C–C–N with tert-alkyl or cyclic N) is 1. The topological polar surface area (TPSA) is 49.2 Å². The second-order valence-electron chi connectivity index (χ2n) is 3.08. The molecule has 0 saturated carbocycles. The lowest BCUT2D eigenvalue weighted by atomic mass is 10.2. The van der Waals surface area contributed by atoms with E-state index in [1.54, 1.807) is 6.33 Å². The summed E-state index contributed by atoms with van der Waals surface area (Å²) in [5.41, 5.74) is 0.960. The first kappa shape index (κ1) is 10.9. The van der Waals surface area contributed by atoms with Gasteiger partial charge in [-0.15, -0.1) is 0 Å². The molecule has 14 heavy (non-hydrogen) atoms. The Labute approximate surface area is 84.6 Å². The summed E-state index contributed by atoms with van der Waals surface area (Å²) in [5, 5.41) is 9.06. The van der Waals surface area contributed by atoms with Crippen molar-refractivity contribution in [3.05, 3.63) is 18.1 Å². The van der Waals surface area contributed by atoms with Gasteiger partial charge < -0.3 is 10.0 Å². The van der Waals surface area contributed by atoms with Crippen LogP contribution < -0.4 is 4.90 Å². The summed E-state index contributed by atoms with van der Waals surface area (Å²) >= 11 is 0. The van der Waals surface area contributed by atoms with Crippen LogP contribution in [0.15, 0.2) is 12.4 Å². The van der Waals surface area contributed by atoms with Gasteiger partial charge in [-0.1, -0.05) is 13.8 Å². The van der Waals surface area contributed by atoms with Crippen LogP contribution >= 0.6 is 0 Å². The van der Waals surface area contributed by atoms with Gasteiger partial charge in [0.25, 0.3) is 0 Å². The average Bonchev–Trinajstić information content (AvgIpc) is 2.16. The summed E-state index contributed by atoms with van der Waals surface area (Å²) in [4.78, 5) is 10.1. The zero-order valence-electron chi connectivity index (χ0n) is 8.94. The van der Waals surface area contributed by atoms with Crippen LogP contribution in [0.5, 0.6) is 0 Å². The monoisotopic (exact) mass is 195 g/mol. The van der Waals surface area contributed by atoms with Gasteiger partial charge in [0.05, 0.1) is 6.10 Å². The molecule has 1 aromatic rings. The van der Waals surface area contributed by atoms with Gasteiger partial charge in [0, 0.05) is 24.8 Å². The molecule has 78 valence electrons. The molecular weight excluding hydrogens is 178 g/mol. The van der Waals surface area contributed by atoms with Crippen molar-refractivity contribution in [3.8, 4) is 0 Å². The second-order valence-corrected chi connectivity index (χ2v) is 3.08. The summed E-state index contributed by atoms with van der Waals surface area (Å²) in [5.74, 6) is 0.910. The highest BCUT2D eigenvalue weighted by Gasteiger charge is 2.25. The summed E-state index contributed by atoms with van der Waals surface area (Å²) in [6.07, 6.45) is 1.37. The van der Waals surface area contributed by atoms with E-state index in [9.17, 15) is 0 Å². The average molecular weight is 195 g/mol. The van der Waals surface area contributed by atoms with E-state index in [-0.39, 0.29) is 6.10 Å². The first-order valence-electron chi connectivity index (χ1n) is 4.97. The van der Waals surface area contributed by atoms with Crippen LogP contribution in [0.25, 0.3) is 0 Å². The van der Waals surface area contributed by atoms with Gasteiger partial charge in [0.2, 0.25) is 0 Å². The first-order chi connectivity index (χ1) is 6.75. The highest BCUT2D eigenvalue weighted by molar-refractivity contribution is 5.42. The van der Waals surface area contributed by atoms with E-state index in [4.69, 9.17) is 5.11 Å². The highest BCUT2D eigenvalue weighted by Crippen LogP contribution is 2.17. The Hall–Kier alpha value is -1.16. The summed E-state index contributed by atoms with van der Waals surface area (Å²) in [6.45, 7) is 7.31.